The number of amides is 1. The number of aromatic nitrogens is 2. The molecule has 0 unspecified atom stereocenters. The van der Waals surface area contributed by atoms with E-state index < -0.39 is 21.4 Å². The van der Waals surface area contributed by atoms with Crippen molar-refractivity contribution >= 4 is 15.9 Å². The summed E-state index contributed by atoms with van der Waals surface area (Å²) in [5, 5.41) is 6.83. The third kappa shape index (κ3) is 4.32. The lowest BCUT2D eigenvalue weighted by atomic mass is 10.2. The molecular formula is C21H22N4O4S. The highest BCUT2D eigenvalue weighted by Gasteiger charge is 2.22. The molecule has 0 radical (unpaired) electrons. The Bertz CT molecular complexity index is 1240. The number of aryl methyl sites for hydroxylation is 1. The highest BCUT2D eigenvalue weighted by Crippen LogP contribution is 2.18. The molecule has 3 rings (SSSR count). The molecule has 0 bridgehead atoms. The molecule has 0 fully saturated rings. The van der Waals surface area contributed by atoms with Crippen LogP contribution in [0.15, 0.2) is 70.4 Å². The fourth-order valence-corrected chi connectivity index (χ4v) is 4.01. The van der Waals surface area contributed by atoms with Crippen LogP contribution < -0.4 is 10.7 Å². The van der Waals surface area contributed by atoms with Gasteiger partial charge >= 0.3 is 0 Å². The van der Waals surface area contributed by atoms with Gasteiger partial charge in [0.25, 0.3) is 5.91 Å². The predicted molar refractivity (Wildman–Crippen MR) is 113 cm³/mol. The fourth-order valence-electron chi connectivity index (χ4n) is 2.89. The number of hydrogen-bond acceptors (Lipinski definition) is 5. The maximum Gasteiger partial charge on any atom is 0.276 e. The smallest absolute Gasteiger partial charge is 0.276 e. The van der Waals surface area contributed by atoms with Gasteiger partial charge < -0.3 is 5.32 Å². The Hall–Kier alpha value is -3.30. The van der Waals surface area contributed by atoms with Crippen molar-refractivity contribution in [2.24, 2.45) is 0 Å². The van der Waals surface area contributed by atoms with E-state index in [1.165, 1.54) is 30.9 Å². The van der Waals surface area contributed by atoms with Crippen LogP contribution in [0.4, 0.5) is 0 Å². The first kappa shape index (κ1) is 21.4. The highest BCUT2D eigenvalue weighted by molar-refractivity contribution is 7.89. The van der Waals surface area contributed by atoms with Crippen molar-refractivity contribution in [3.05, 3.63) is 87.8 Å². The summed E-state index contributed by atoms with van der Waals surface area (Å²) in [7, 11) is -0.801. The zero-order chi connectivity index (χ0) is 21.9. The first-order chi connectivity index (χ1) is 14.2. The highest BCUT2D eigenvalue weighted by atomic mass is 32.2. The van der Waals surface area contributed by atoms with E-state index in [2.05, 4.69) is 10.4 Å². The van der Waals surface area contributed by atoms with Crippen molar-refractivity contribution in [1.29, 1.82) is 0 Å². The number of nitrogens with zero attached hydrogens (tertiary/aromatic N) is 3. The molecule has 1 heterocycles. The molecule has 0 aliphatic heterocycles. The molecule has 0 saturated heterocycles. The van der Waals surface area contributed by atoms with Gasteiger partial charge in [-0.1, -0.05) is 36.4 Å². The van der Waals surface area contributed by atoms with Crippen molar-refractivity contribution in [2.45, 2.75) is 18.4 Å². The molecule has 1 N–H and O–H groups in total. The van der Waals surface area contributed by atoms with Gasteiger partial charge in [0.2, 0.25) is 15.5 Å². The lowest BCUT2D eigenvalue weighted by molar-refractivity contribution is 0.0942. The number of rotatable bonds is 6. The largest absolute Gasteiger partial charge is 0.346 e. The van der Waals surface area contributed by atoms with Crippen molar-refractivity contribution in [2.75, 3.05) is 14.1 Å². The summed E-state index contributed by atoms with van der Waals surface area (Å²) in [5.41, 5.74) is 0.940. The second kappa shape index (κ2) is 8.60. The standard InChI is InChI=1S/C21H22N4O4S/c1-15-13-18(26)20(23-25(15)17-10-5-4-6-11-17)21(27)22-14-16-9-7-8-12-19(16)30(28,29)24(2)3/h4-13H,14H2,1-3H3,(H,22,27). The lowest BCUT2D eigenvalue weighted by Crippen LogP contribution is -2.32. The summed E-state index contributed by atoms with van der Waals surface area (Å²) in [6.07, 6.45) is 0. The Morgan fingerprint density at radius 2 is 1.70 bits per heavy atom. The van der Waals surface area contributed by atoms with E-state index in [4.69, 9.17) is 0 Å². The summed E-state index contributed by atoms with van der Waals surface area (Å²) in [6, 6.07) is 16.9. The quantitative estimate of drug-likeness (QED) is 0.647. The normalized spacial score (nSPS) is 11.5. The van der Waals surface area contributed by atoms with E-state index in [0.29, 0.717) is 16.9 Å². The van der Waals surface area contributed by atoms with Gasteiger partial charge in [-0.05, 0) is 30.7 Å². The van der Waals surface area contributed by atoms with Gasteiger partial charge in [-0.3, -0.25) is 9.59 Å². The van der Waals surface area contributed by atoms with Crippen LogP contribution >= 0.6 is 0 Å². The Morgan fingerprint density at radius 1 is 1.07 bits per heavy atom. The molecule has 8 nitrogen and oxygen atoms in total. The van der Waals surface area contributed by atoms with E-state index >= 15 is 0 Å². The van der Waals surface area contributed by atoms with Crippen LogP contribution in [0, 0.1) is 6.92 Å². The molecule has 9 heteroatoms. The van der Waals surface area contributed by atoms with Crippen LogP contribution in [-0.4, -0.2) is 42.5 Å². The van der Waals surface area contributed by atoms with Crippen molar-refractivity contribution in [3.8, 4) is 5.69 Å². The molecule has 1 aromatic heterocycles. The number of sulfonamides is 1. The third-order valence-electron chi connectivity index (χ3n) is 4.49. The summed E-state index contributed by atoms with van der Waals surface area (Å²) in [6.45, 7) is 1.66. The average Bonchev–Trinajstić information content (AvgIpc) is 2.72. The molecule has 0 atom stereocenters. The Balaban J connectivity index is 1.89. The average molecular weight is 426 g/mol. The number of benzene rings is 2. The van der Waals surface area contributed by atoms with Crippen LogP contribution in [0.5, 0.6) is 0 Å². The molecular weight excluding hydrogens is 404 g/mol. The minimum Gasteiger partial charge on any atom is -0.346 e. The van der Waals surface area contributed by atoms with Crippen LogP contribution in [0.1, 0.15) is 21.7 Å². The summed E-state index contributed by atoms with van der Waals surface area (Å²) < 4.78 is 27.6. The number of hydrogen-bond donors (Lipinski definition) is 1. The number of carbonyl (C=O) groups excluding carboxylic acids is 1. The van der Waals surface area contributed by atoms with E-state index in [1.807, 2.05) is 30.3 Å². The van der Waals surface area contributed by atoms with Crippen molar-refractivity contribution in [3.63, 3.8) is 0 Å². The van der Waals surface area contributed by atoms with E-state index in [0.717, 1.165) is 4.31 Å². The molecule has 30 heavy (non-hydrogen) atoms. The molecule has 2 aromatic carbocycles. The van der Waals surface area contributed by atoms with Crippen LogP contribution in [0.2, 0.25) is 0 Å². The second-order valence-electron chi connectivity index (χ2n) is 6.82. The Morgan fingerprint density at radius 3 is 2.37 bits per heavy atom. The predicted octanol–water partition coefficient (Wildman–Crippen LogP) is 1.72. The van der Waals surface area contributed by atoms with Crippen molar-refractivity contribution < 1.29 is 13.2 Å². The number of carbonyl (C=O) groups is 1. The van der Waals surface area contributed by atoms with Gasteiger partial charge in [0.1, 0.15) is 0 Å². The van der Waals surface area contributed by atoms with Gasteiger partial charge in [-0.15, -0.1) is 0 Å². The summed E-state index contributed by atoms with van der Waals surface area (Å²) in [5.74, 6) is -0.679. The minimum atomic E-state index is -3.68. The maximum absolute atomic E-state index is 12.7. The molecule has 1 amide bonds. The van der Waals surface area contributed by atoms with Crippen molar-refractivity contribution in [1.82, 2.24) is 19.4 Å². The summed E-state index contributed by atoms with van der Waals surface area (Å²) in [4.78, 5) is 25.1. The SMILES string of the molecule is Cc1cc(=O)c(C(=O)NCc2ccccc2S(=O)(=O)N(C)C)nn1-c1ccccc1. The van der Waals surface area contributed by atoms with Gasteiger partial charge in [0.05, 0.1) is 10.6 Å². The maximum atomic E-state index is 12.7. The van der Waals surface area contributed by atoms with Crippen LogP contribution in [-0.2, 0) is 16.6 Å². The number of para-hydroxylation sites is 1. The Kier molecular flexibility index (Phi) is 6.14. The molecule has 156 valence electrons. The van der Waals surface area contributed by atoms with Gasteiger partial charge in [-0.25, -0.2) is 17.4 Å². The lowest BCUT2D eigenvalue weighted by Gasteiger charge is -2.15. The molecule has 0 saturated carbocycles. The van der Waals surface area contributed by atoms with Gasteiger partial charge in [0.15, 0.2) is 5.69 Å². The van der Waals surface area contributed by atoms with Crippen LogP contribution in [0.3, 0.4) is 0 Å². The van der Waals surface area contributed by atoms with Crippen LogP contribution in [0.25, 0.3) is 5.69 Å². The zero-order valence-corrected chi connectivity index (χ0v) is 17.7. The number of nitrogens with one attached hydrogen (secondary N) is 1. The Labute approximate surface area is 174 Å². The molecule has 3 aromatic rings. The monoisotopic (exact) mass is 426 g/mol. The summed E-state index contributed by atoms with van der Waals surface area (Å²) >= 11 is 0. The third-order valence-corrected chi connectivity index (χ3v) is 6.41. The van der Waals surface area contributed by atoms with Gasteiger partial charge in [0, 0.05) is 32.4 Å². The fraction of sp³-hybridized carbons (Fsp3) is 0.190. The minimum absolute atomic E-state index is 0.0671. The van der Waals surface area contributed by atoms with E-state index in [-0.39, 0.29) is 17.1 Å². The second-order valence-corrected chi connectivity index (χ2v) is 8.94. The topological polar surface area (TPSA) is 101 Å². The van der Waals surface area contributed by atoms with Gasteiger partial charge in [-0.2, -0.15) is 5.10 Å². The zero-order valence-electron chi connectivity index (χ0n) is 16.9. The van der Waals surface area contributed by atoms with E-state index in [1.54, 1.807) is 25.1 Å². The molecule has 0 aliphatic rings. The first-order valence-corrected chi connectivity index (χ1v) is 10.6. The molecule has 0 aliphatic carbocycles. The molecule has 0 spiro atoms. The first-order valence-electron chi connectivity index (χ1n) is 9.17. The van der Waals surface area contributed by atoms with E-state index in [9.17, 15) is 18.0 Å².